The van der Waals surface area contributed by atoms with E-state index in [0.29, 0.717) is 25.9 Å². The average molecular weight is 531 g/mol. The van der Waals surface area contributed by atoms with Crippen molar-refractivity contribution in [3.05, 3.63) is 65.3 Å². The summed E-state index contributed by atoms with van der Waals surface area (Å²) in [5, 5.41) is 13.8. The van der Waals surface area contributed by atoms with Gasteiger partial charge in [0.15, 0.2) is 10.3 Å². The van der Waals surface area contributed by atoms with Gasteiger partial charge in [0.25, 0.3) is 5.91 Å². The minimum Gasteiger partial charge on any atom is -0.466 e. The molecule has 0 spiro atoms. The van der Waals surface area contributed by atoms with Crippen LogP contribution in [0.5, 0.6) is 0 Å². The van der Waals surface area contributed by atoms with Crippen molar-refractivity contribution in [2.45, 2.75) is 33.3 Å². The Labute approximate surface area is 212 Å². The summed E-state index contributed by atoms with van der Waals surface area (Å²) in [6, 6.07) is 9.53. The molecule has 180 valence electrons. The highest BCUT2D eigenvalue weighted by atomic mass is 32.2. The maximum atomic E-state index is 13.3. The number of carbonyl (C=O) groups is 2. The third-order valence-corrected chi connectivity index (χ3v) is 7.21. The number of hydrogen-bond acceptors (Lipinski definition) is 10. The molecule has 4 rings (SSSR count). The predicted octanol–water partition coefficient (Wildman–Crippen LogP) is 4.47. The van der Waals surface area contributed by atoms with Gasteiger partial charge >= 0.3 is 5.97 Å². The van der Waals surface area contributed by atoms with E-state index in [1.54, 1.807) is 47.5 Å². The van der Waals surface area contributed by atoms with Crippen LogP contribution < -0.4 is 5.32 Å². The number of hydrogen-bond donors (Lipinski definition) is 1. The molecule has 0 saturated carbocycles. The van der Waals surface area contributed by atoms with E-state index in [2.05, 4.69) is 25.5 Å². The van der Waals surface area contributed by atoms with Crippen molar-refractivity contribution >= 4 is 51.9 Å². The molecular formula is C22H19FN6O3S3. The molecule has 0 aliphatic rings. The van der Waals surface area contributed by atoms with Gasteiger partial charge in [0.05, 0.1) is 18.7 Å². The van der Waals surface area contributed by atoms with Crippen LogP contribution in [0.25, 0.3) is 0 Å². The third-order valence-electron chi connectivity index (χ3n) is 4.36. The first kappa shape index (κ1) is 24.8. The van der Waals surface area contributed by atoms with Crippen molar-refractivity contribution < 1.29 is 18.7 Å². The number of thiazole rings is 1. The summed E-state index contributed by atoms with van der Waals surface area (Å²) >= 11 is 3.76. The first-order valence-corrected chi connectivity index (χ1v) is 12.8. The SMILES string of the molecule is CCOC(=O)Cc1csc(NC(=O)c2nc(Sc3nncn3C)ccc2Sc2ccc(F)cc2)n1. The number of aryl methyl sites for hydroxylation is 1. The van der Waals surface area contributed by atoms with Gasteiger partial charge in [-0.2, -0.15) is 0 Å². The normalized spacial score (nSPS) is 10.8. The van der Waals surface area contributed by atoms with E-state index < -0.39 is 5.91 Å². The first-order valence-electron chi connectivity index (χ1n) is 10.3. The Balaban J connectivity index is 1.58. The van der Waals surface area contributed by atoms with Crippen LogP contribution in [0.3, 0.4) is 0 Å². The molecule has 0 aliphatic carbocycles. The maximum absolute atomic E-state index is 13.3. The van der Waals surface area contributed by atoms with Gasteiger partial charge in [-0.1, -0.05) is 11.8 Å². The van der Waals surface area contributed by atoms with Crippen molar-refractivity contribution in [1.29, 1.82) is 0 Å². The Morgan fingerprint density at radius 3 is 2.66 bits per heavy atom. The van der Waals surface area contributed by atoms with E-state index in [9.17, 15) is 14.0 Å². The molecule has 0 saturated heterocycles. The van der Waals surface area contributed by atoms with Crippen molar-refractivity contribution in [1.82, 2.24) is 24.7 Å². The van der Waals surface area contributed by atoms with Gasteiger partial charge in [-0.15, -0.1) is 21.5 Å². The third kappa shape index (κ3) is 6.65. The van der Waals surface area contributed by atoms with E-state index in [0.717, 1.165) is 4.90 Å². The van der Waals surface area contributed by atoms with Crippen LogP contribution in [0.15, 0.2) is 68.1 Å². The number of esters is 1. The molecule has 9 nitrogen and oxygen atoms in total. The topological polar surface area (TPSA) is 112 Å². The van der Waals surface area contributed by atoms with Gasteiger partial charge < -0.3 is 9.30 Å². The summed E-state index contributed by atoms with van der Waals surface area (Å²) in [5.41, 5.74) is 0.679. The fourth-order valence-corrected chi connectivity index (χ4v) is 5.12. The van der Waals surface area contributed by atoms with Crippen LogP contribution in [-0.2, 0) is 23.0 Å². The number of benzene rings is 1. The lowest BCUT2D eigenvalue weighted by molar-refractivity contribution is -0.142. The van der Waals surface area contributed by atoms with E-state index in [-0.39, 0.29) is 30.5 Å². The van der Waals surface area contributed by atoms with Crippen LogP contribution in [0.1, 0.15) is 23.1 Å². The first-order chi connectivity index (χ1) is 16.9. The Morgan fingerprint density at radius 2 is 1.94 bits per heavy atom. The molecular weight excluding hydrogens is 511 g/mol. The highest BCUT2D eigenvalue weighted by molar-refractivity contribution is 7.99. The Morgan fingerprint density at radius 1 is 1.14 bits per heavy atom. The zero-order chi connectivity index (χ0) is 24.8. The Bertz CT molecular complexity index is 1340. The van der Waals surface area contributed by atoms with Gasteiger partial charge in [-0.3, -0.25) is 14.9 Å². The van der Waals surface area contributed by atoms with E-state index in [1.165, 1.54) is 47.0 Å². The average Bonchev–Trinajstić information content (AvgIpc) is 3.44. The second kappa shape index (κ2) is 11.4. The molecule has 35 heavy (non-hydrogen) atoms. The summed E-state index contributed by atoms with van der Waals surface area (Å²) in [6.45, 7) is 2.02. The van der Waals surface area contributed by atoms with Crippen LogP contribution in [0.2, 0.25) is 0 Å². The molecule has 3 heterocycles. The summed E-state index contributed by atoms with van der Waals surface area (Å²) in [6.07, 6.45) is 1.60. The number of anilines is 1. The van der Waals surface area contributed by atoms with Crippen molar-refractivity contribution in [3.63, 3.8) is 0 Å². The highest BCUT2D eigenvalue weighted by Gasteiger charge is 2.19. The monoisotopic (exact) mass is 530 g/mol. The van der Waals surface area contributed by atoms with E-state index in [4.69, 9.17) is 4.74 Å². The minimum absolute atomic E-state index is 0.0218. The number of amides is 1. The van der Waals surface area contributed by atoms with Crippen LogP contribution in [0, 0.1) is 5.82 Å². The molecule has 0 unspecified atom stereocenters. The Kier molecular flexibility index (Phi) is 8.10. The van der Waals surface area contributed by atoms with Gasteiger partial charge in [0, 0.05) is 22.2 Å². The second-order valence-corrected chi connectivity index (χ2v) is 9.92. The van der Waals surface area contributed by atoms with Gasteiger partial charge in [0.2, 0.25) is 0 Å². The molecule has 13 heteroatoms. The lowest BCUT2D eigenvalue weighted by atomic mass is 10.3. The Hall–Kier alpha value is -3.29. The van der Waals surface area contributed by atoms with Crippen molar-refractivity contribution in [2.75, 3.05) is 11.9 Å². The summed E-state index contributed by atoms with van der Waals surface area (Å²) in [7, 11) is 1.81. The molecule has 0 atom stereocenters. The number of carbonyl (C=O) groups excluding carboxylic acids is 2. The molecule has 0 radical (unpaired) electrons. The van der Waals surface area contributed by atoms with Crippen molar-refractivity contribution in [2.24, 2.45) is 7.05 Å². The number of nitrogens with one attached hydrogen (secondary N) is 1. The molecule has 0 fully saturated rings. The van der Waals surface area contributed by atoms with Crippen molar-refractivity contribution in [3.8, 4) is 0 Å². The van der Waals surface area contributed by atoms with Gasteiger partial charge in [-0.05, 0) is 55.1 Å². The molecule has 1 amide bonds. The molecule has 1 N–H and O–H groups in total. The smallest absolute Gasteiger partial charge is 0.311 e. The quantitative estimate of drug-likeness (QED) is 0.313. The fraction of sp³-hybridized carbons (Fsp3) is 0.182. The zero-order valence-electron chi connectivity index (χ0n) is 18.6. The molecule has 4 aromatic rings. The molecule has 1 aromatic carbocycles. The second-order valence-electron chi connectivity index (χ2n) is 6.96. The number of nitrogens with zero attached hydrogens (tertiary/aromatic N) is 5. The lowest BCUT2D eigenvalue weighted by Gasteiger charge is -2.10. The standard InChI is InChI=1S/C22H19FN6O3S3/c1-3-32-18(30)10-14-11-33-21(25-14)27-20(31)19-16(34-15-6-4-13(23)5-7-15)8-9-17(26-19)35-22-28-24-12-29(22)2/h4-9,11-12H,3,10H2,1-2H3,(H,25,27,31). The highest BCUT2D eigenvalue weighted by Crippen LogP contribution is 2.33. The van der Waals surface area contributed by atoms with Gasteiger partial charge in [-0.25, -0.2) is 14.4 Å². The lowest BCUT2D eigenvalue weighted by Crippen LogP contribution is -2.15. The minimum atomic E-state index is -0.466. The van der Waals surface area contributed by atoms with Crippen LogP contribution >= 0.6 is 34.9 Å². The number of rotatable bonds is 9. The number of ether oxygens (including phenoxy) is 1. The predicted molar refractivity (Wildman–Crippen MR) is 130 cm³/mol. The molecule has 0 bridgehead atoms. The van der Waals surface area contributed by atoms with E-state index >= 15 is 0 Å². The maximum Gasteiger partial charge on any atom is 0.311 e. The number of aromatic nitrogens is 5. The zero-order valence-corrected chi connectivity index (χ0v) is 21.0. The summed E-state index contributed by atoms with van der Waals surface area (Å²) in [4.78, 5) is 35.1. The number of pyridine rings is 1. The molecule has 0 aliphatic heterocycles. The number of halogens is 1. The summed E-state index contributed by atoms with van der Waals surface area (Å²) < 4.78 is 20.0. The largest absolute Gasteiger partial charge is 0.466 e. The van der Waals surface area contributed by atoms with Crippen LogP contribution in [0.4, 0.5) is 9.52 Å². The van der Waals surface area contributed by atoms with E-state index in [1.807, 2.05) is 7.05 Å². The fourth-order valence-electron chi connectivity index (χ4n) is 2.78. The summed E-state index contributed by atoms with van der Waals surface area (Å²) in [5.74, 6) is -1.20. The van der Waals surface area contributed by atoms with Gasteiger partial charge in [0.1, 0.15) is 22.9 Å². The van der Waals surface area contributed by atoms with Crippen LogP contribution in [-0.4, -0.2) is 43.2 Å². The molecule has 3 aromatic heterocycles.